The summed E-state index contributed by atoms with van der Waals surface area (Å²) in [7, 11) is 0. The van der Waals surface area contributed by atoms with Gasteiger partial charge in [-0.1, -0.05) is 6.07 Å². The number of rotatable bonds is 4. The molecule has 3 rings (SSSR count). The fourth-order valence-corrected chi connectivity index (χ4v) is 2.70. The van der Waals surface area contributed by atoms with Crippen LogP contribution in [0.1, 0.15) is 6.92 Å². The zero-order valence-corrected chi connectivity index (χ0v) is 11.8. The number of hydrogen-bond donors (Lipinski definition) is 1. The summed E-state index contributed by atoms with van der Waals surface area (Å²) in [4.78, 5) is 1.01. The molecule has 1 aromatic carbocycles. The first-order valence-corrected chi connectivity index (χ1v) is 7.09. The molecule has 6 heteroatoms. The lowest BCUT2D eigenvalue weighted by atomic mass is 10.3. The molecule has 0 bridgehead atoms. The highest BCUT2D eigenvalue weighted by Crippen LogP contribution is 2.32. The summed E-state index contributed by atoms with van der Waals surface area (Å²) in [6.07, 6.45) is 1.94. The van der Waals surface area contributed by atoms with Crippen molar-refractivity contribution in [3.8, 4) is 5.75 Å². The van der Waals surface area contributed by atoms with Crippen LogP contribution in [0.15, 0.2) is 52.6 Å². The second-order valence-corrected chi connectivity index (χ2v) is 5.19. The SMILES string of the molecule is CCOc1cc(Sc2nnc3ccccn23)ccc1N. The van der Waals surface area contributed by atoms with E-state index in [1.807, 2.05) is 53.9 Å². The maximum atomic E-state index is 5.87. The van der Waals surface area contributed by atoms with Gasteiger partial charge in [-0.05, 0) is 49.0 Å². The zero-order chi connectivity index (χ0) is 13.9. The van der Waals surface area contributed by atoms with Gasteiger partial charge in [-0.25, -0.2) is 0 Å². The van der Waals surface area contributed by atoms with Gasteiger partial charge >= 0.3 is 0 Å². The van der Waals surface area contributed by atoms with Crippen molar-refractivity contribution in [2.45, 2.75) is 17.0 Å². The highest BCUT2D eigenvalue weighted by molar-refractivity contribution is 7.99. The molecule has 0 radical (unpaired) electrons. The minimum Gasteiger partial charge on any atom is -0.492 e. The van der Waals surface area contributed by atoms with E-state index < -0.39 is 0 Å². The molecule has 0 spiro atoms. The van der Waals surface area contributed by atoms with Crippen LogP contribution in [0.2, 0.25) is 0 Å². The highest BCUT2D eigenvalue weighted by atomic mass is 32.2. The summed E-state index contributed by atoms with van der Waals surface area (Å²) in [5.41, 5.74) is 7.34. The molecule has 2 heterocycles. The molecule has 102 valence electrons. The number of benzene rings is 1. The van der Waals surface area contributed by atoms with Gasteiger partial charge in [0.15, 0.2) is 10.8 Å². The van der Waals surface area contributed by atoms with E-state index in [2.05, 4.69) is 10.2 Å². The number of nitrogens with two attached hydrogens (primary N) is 1. The maximum Gasteiger partial charge on any atom is 0.200 e. The smallest absolute Gasteiger partial charge is 0.200 e. The molecule has 0 aliphatic rings. The molecule has 5 nitrogen and oxygen atoms in total. The molecule has 2 N–H and O–H groups in total. The minimum atomic E-state index is 0.589. The number of aromatic nitrogens is 3. The number of pyridine rings is 1. The lowest BCUT2D eigenvalue weighted by molar-refractivity contribution is 0.341. The predicted octanol–water partition coefficient (Wildman–Crippen LogP) is 2.86. The molecule has 0 unspecified atom stereocenters. The summed E-state index contributed by atoms with van der Waals surface area (Å²) < 4.78 is 7.45. The fourth-order valence-electron chi connectivity index (χ4n) is 1.85. The van der Waals surface area contributed by atoms with Gasteiger partial charge in [-0.2, -0.15) is 0 Å². The normalized spacial score (nSPS) is 10.8. The molecular weight excluding hydrogens is 272 g/mol. The molecule has 0 saturated carbocycles. The lowest BCUT2D eigenvalue weighted by Gasteiger charge is -2.08. The molecular formula is C14H14N4OS. The molecule has 2 aromatic heterocycles. The van der Waals surface area contributed by atoms with Crippen LogP contribution < -0.4 is 10.5 Å². The van der Waals surface area contributed by atoms with E-state index in [9.17, 15) is 0 Å². The van der Waals surface area contributed by atoms with Gasteiger partial charge in [0.05, 0.1) is 12.3 Å². The topological polar surface area (TPSA) is 65.4 Å². The lowest BCUT2D eigenvalue weighted by Crippen LogP contribution is -1.96. The third kappa shape index (κ3) is 2.42. The Kier molecular flexibility index (Phi) is 3.47. The quantitative estimate of drug-likeness (QED) is 0.747. The van der Waals surface area contributed by atoms with Gasteiger partial charge in [0.1, 0.15) is 5.75 Å². The Bertz CT molecular complexity index is 741. The Morgan fingerprint density at radius 1 is 1.25 bits per heavy atom. The highest BCUT2D eigenvalue weighted by Gasteiger charge is 2.08. The van der Waals surface area contributed by atoms with Crippen LogP contribution in [0.5, 0.6) is 5.75 Å². The number of nitrogen functional groups attached to an aromatic ring is 1. The van der Waals surface area contributed by atoms with Crippen molar-refractivity contribution in [3.05, 3.63) is 42.6 Å². The fraction of sp³-hybridized carbons (Fsp3) is 0.143. The van der Waals surface area contributed by atoms with Gasteiger partial charge in [-0.15, -0.1) is 10.2 Å². The van der Waals surface area contributed by atoms with Crippen molar-refractivity contribution in [1.82, 2.24) is 14.6 Å². The second kappa shape index (κ2) is 5.42. The van der Waals surface area contributed by atoms with E-state index in [4.69, 9.17) is 10.5 Å². The van der Waals surface area contributed by atoms with Crippen LogP contribution >= 0.6 is 11.8 Å². The van der Waals surface area contributed by atoms with E-state index in [1.54, 1.807) is 0 Å². The average Bonchev–Trinajstić information content (AvgIpc) is 2.86. The first kappa shape index (κ1) is 12.8. The minimum absolute atomic E-state index is 0.589. The van der Waals surface area contributed by atoms with Crippen molar-refractivity contribution < 1.29 is 4.74 Å². The number of nitrogens with zero attached hydrogens (tertiary/aromatic N) is 3. The second-order valence-electron chi connectivity index (χ2n) is 4.15. The molecule has 3 aromatic rings. The van der Waals surface area contributed by atoms with E-state index in [1.165, 1.54) is 11.8 Å². The summed E-state index contributed by atoms with van der Waals surface area (Å²) in [5.74, 6) is 0.700. The van der Waals surface area contributed by atoms with E-state index >= 15 is 0 Å². The van der Waals surface area contributed by atoms with Gasteiger partial charge < -0.3 is 10.5 Å². The van der Waals surface area contributed by atoms with Crippen molar-refractivity contribution in [2.75, 3.05) is 12.3 Å². The van der Waals surface area contributed by atoms with E-state index in [0.29, 0.717) is 18.0 Å². The summed E-state index contributed by atoms with van der Waals surface area (Å²) >= 11 is 1.53. The molecule has 0 atom stereocenters. The predicted molar refractivity (Wildman–Crippen MR) is 79.1 cm³/mol. The van der Waals surface area contributed by atoms with Crippen molar-refractivity contribution in [3.63, 3.8) is 0 Å². The summed E-state index contributed by atoms with van der Waals surface area (Å²) in [5, 5.41) is 9.13. The monoisotopic (exact) mass is 286 g/mol. The average molecular weight is 286 g/mol. The third-order valence-electron chi connectivity index (χ3n) is 2.78. The van der Waals surface area contributed by atoms with Crippen molar-refractivity contribution in [2.24, 2.45) is 0 Å². The standard InChI is InChI=1S/C14H14N4OS/c1-2-19-12-9-10(6-7-11(12)15)20-14-17-16-13-5-3-4-8-18(13)14/h3-9H,2,15H2,1H3. The van der Waals surface area contributed by atoms with Crippen LogP contribution in [-0.4, -0.2) is 21.2 Å². The third-order valence-corrected chi connectivity index (χ3v) is 3.73. The van der Waals surface area contributed by atoms with Gasteiger partial charge in [0, 0.05) is 11.1 Å². The van der Waals surface area contributed by atoms with Crippen LogP contribution in [-0.2, 0) is 0 Å². The van der Waals surface area contributed by atoms with E-state index in [-0.39, 0.29) is 0 Å². The molecule has 0 saturated heterocycles. The van der Waals surface area contributed by atoms with E-state index in [0.717, 1.165) is 15.7 Å². The van der Waals surface area contributed by atoms with Crippen LogP contribution in [0, 0.1) is 0 Å². The molecule has 0 fully saturated rings. The van der Waals surface area contributed by atoms with Gasteiger partial charge in [0.25, 0.3) is 0 Å². The Morgan fingerprint density at radius 3 is 3.00 bits per heavy atom. The molecule has 0 aliphatic carbocycles. The number of ether oxygens (including phenoxy) is 1. The first-order valence-electron chi connectivity index (χ1n) is 6.28. The number of anilines is 1. The van der Waals surface area contributed by atoms with Crippen molar-refractivity contribution in [1.29, 1.82) is 0 Å². The van der Waals surface area contributed by atoms with Crippen LogP contribution in [0.4, 0.5) is 5.69 Å². The summed E-state index contributed by atoms with van der Waals surface area (Å²) in [6, 6.07) is 11.5. The zero-order valence-electron chi connectivity index (χ0n) is 11.0. The van der Waals surface area contributed by atoms with Crippen LogP contribution in [0.25, 0.3) is 5.65 Å². The Morgan fingerprint density at radius 2 is 2.15 bits per heavy atom. The van der Waals surface area contributed by atoms with Gasteiger partial charge in [-0.3, -0.25) is 4.40 Å². The summed E-state index contributed by atoms with van der Waals surface area (Å²) in [6.45, 7) is 2.53. The number of hydrogen-bond acceptors (Lipinski definition) is 5. The first-order chi connectivity index (χ1) is 9.78. The van der Waals surface area contributed by atoms with Gasteiger partial charge in [0.2, 0.25) is 0 Å². The maximum absolute atomic E-state index is 5.87. The molecule has 20 heavy (non-hydrogen) atoms. The largest absolute Gasteiger partial charge is 0.492 e. The molecule has 0 amide bonds. The number of fused-ring (bicyclic) bond motifs is 1. The Balaban J connectivity index is 1.93. The van der Waals surface area contributed by atoms with Crippen molar-refractivity contribution >= 4 is 23.1 Å². The van der Waals surface area contributed by atoms with Crippen LogP contribution in [0.3, 0.4) is 0 Å². The Hall–Kier alpha value is -2.21. The molecule has 0 aliphatic heterocycles. The Labute approximate surface area is 120 Å².